The zero-order valence-corrected chi connectivity index (χ0v) is 17.1. The average molecular weight is 420 g/mol. The van der Waals surface area contributed by atoms with Gasteiger partial charge in [-0.05, 0) is 36.2 Å². The summed E-state index contributed by atoms with van der Waals surface area (Å²) in [6.07, 6.45) is 3.69. The minimum atomic E-state index is -0.00258. The molecule has 0 spiro atoms. The number of hydrogen-bond donors (Lipinski definition) is 1. The number of benzene rings is 2. The summed E-state index contributed by atoms with van der Waals surface area (Å²) in [4.78, 5) is 16.5. The van der Waals surface area contributed by atoms with Crippen LogP contribution in [0.4, 0.5) is 0 Å². The number of aryl methyl sites for hydroxylation is 1. The minimum Gasteiger partial charge on any atom is -0.351 e. The summed E-state index contributed by atoms with van der Waals surface area (Å²) >= 11 is 13.5. The lowest BCUT2D eigenvalue weighted by molar-refractivity contribution is -0.118. The number of rotatable bonds is 7. The zero-order valence-electron chi connectivity index (χ0n) is 14.8. The predicted molar refractivity (Wildman–Crippen MR) is 113 cm³/mol. The van der Waals surface area contributed by atoms with E-state index in [0.29, 0.717) is 28.1 Å². The molecule has 0 aliphatic heterocycles. The van der Waals surface area contributed by atoms with E-state index in [4.69, 9.17) is 23.2 Å². The molecule has 0 saturated carbocycles. The van der Waals surface area contributed by atoms with Gasteiger partial charge in [0.15, 0.2) is 0 Å². The summed E-state index contributed by atoms with van der Waals surface area (Å²) in [6.45, 7) is 2.43. The Morgan fingerprint density at radius 1 is 1.19 bits per heavy atom. The first kappa shape index (κ1) is 19.8. The Kier molecular flexibility index (Phi) is 6.83. The molecule has 27 heavy (non-hydrogen) atoms. The summed E-state index contributed by atoms with van der Waals surface area (Å²) in [5.41, 5.74) is 3.11. The number of thioether (sulfide) groups is 1. The Hall–Kier alpha value is -1.95. The molecule has 3 rings (SSSR count). The lowest BCUT2D eigenvalue weighted by Gasteiger charge is -2.12. The minimum absolute atomic E-state index is 0.00258. The fourth-order valence-electron chi connectivity index (χ4n) is 2.66. The Morgan fingerprint density at radius 3 is 2.74 bits per heavy atom. The molecule has 0 bridgehead atoms. The molecule has 2 aromatic carbocycles. The molecule has 1 amide bonds. The van der Waals surface area contributed by atoms with Crippen LogP contribution in [-0.4, -0.2) is 21.2 Å². The molecule has 0 aliphatic carbocycles. The maximum atomic E-state index is 12.2. The molecule has 1 aromatic heterocycles. The SMILES string of the molecule is Cc1nccn1-c1ccccc1CNC(=O)CSCc1ccc(Cl)c(Cl)c1. The predicted octanol–water partition coefficient (Wildman–Crippen LogP) is 5.04. The number of carbonyl (C=O) groups excluding carboxylic acids is 1. The molecule has 4 nitrogen and oxygen atoms in total. The van der Waals surface area contributed by atoms with Crippen molar-refractivity contribution in [3.63, 3.8) is 0 Å². The first-order chi connectivity index (χ1) is 13.0. The van der Waals surface area contributed by atoms with Crippen molar-refractivity contribution >= 4 is 40.9 Å². The van der Waals surface area contributed by atoms with Gasteiger partial charge in [0.25, 0.3) is 0 Å². The molecular weight excluding hydrogens is 401 g/mol. The number of nitrogens with zero attached hydrogens (tertiary/aromatic N) is 2. The van der Waals surface area contributed by atoms with Crippen LogP contribution in [-0.2, 0) is 17.1 Å². The number of aromatic nitrogens is 2. The highest BCUT2D eigenvalue weighted by Crippen LogP contribution is 2.24. The third-order valence-corrected chi connectivity index (χ3v) is 5.78. The van der Waals surface area contributed by atoms with E-state index in [1.807, 2.05) is 54.1 Å². The van der Waals surface area contributed by atoms with Crippen LogP contribution in [0.2, 0.25) is 10.0 Å². The number of halogens is 2. The molecule has 0 unspecified atom stereocenters. The van der Waals surface area contributed by atoms with Gasteiger partial charge in [0.1, 0.15) is 5.82 Å². The highest BCUT2D eigenvalue weighted by atomic mass is 35.5. The van der Waals surface area contributed by atoms with E-state index in [1.54, 1.807) is 12.3 Å². The second kappa shape index (κ2) is 9.31. The lowest BCUT2D eigenvalue weighted by atomic mass is 10.1. The molecule has 0 saturated heterocycles. The molecule has 0 fully saturated rings. The maximum absolute atomic E-state index is 12.2. The number of hydrogen-bond acceptors (Lipinski definition) is 3. The van der Waals surface area contributed by atoms with E-state index in [0.717, 1.165) is 22.6 Å². The molecule has 0 atom stereocenters. The maximum Gasteiger partial charge on any atom is 0.230 e. The van der Waals surface area contributed by atoms with E-state index < -0.39 is 0 Å². The van der Waals surface area contributed by atoms with Gasteiger partial charge in [0.05, 0.1) is 21.5 Å². The standard InChI is InChI=1S/C20H19Cl2N3OS/c1-14-23-8-9-25(14)19-5-3-2-4-16(19)11-24-20(26)13-27-12-15-6-7-17(21)18(22)10-15/h2-10H,11-13H2,1H3,(H,24,26). The van der Waals surface area contributed by atoms with Gasteiger partial charge >= 0.3 is 0 Å². The normalized spacial score (nSPS) is 10.8. The lowest BCUT2D eigenvalue weighted by Crippen LogP contribution is -2.25. The van der Waals surface area contributed by atoms with Crippen LogP contribution >= 0.6 is 35.0 Å². The van der Waals surface area contributed by atoms with E-state index in [2.05, 4.69) is 10.3 Å². The van der Waals surface area contributed by atoms with Crippen LogP contribution in [0.15, 0.2) is 54.9 Å². The quantitative estimate of drug-likeness (QED) is 0.583. The van der Waals surface area contributed by atoms with Crippen molar-refractivity contribution in [1.29, 1.82) is 0 Å². The van der Waals surface area contributed by atoms with Crippen LogP contribution in [0, 0.1) is 6.92 Å². The van der Waals surface area contributed by atoms with Crippen molar-refractivity contribution in [2.75, 3.05) is 5.75 Å². The molecular formula is C20H19Cl2N3OS. The van der Waals surface area contributed by atoms with Gasteiger partial charge in [0, 0.05) is 24.7 Å². The van der Waals surface area contributed by atoms with Crippen LogP contribution in [0.25, 0.3) is 5.69 Å². The highest BCUT2D eigenvalue weighted by molar-refractivity contribution is 7.99. The zero-order chi connectivity index (χ0) is 19.2. The van der Waals surface area contributed by atoms with Crippen LogP contribution < -0.4 is 5.32 Å². The van der Waals surface area contributed by atoms with Crippen molar-refractivity contribution in [3.05, 3.63) is 81.9 Å². The van der Waals surface area contributed by atoms with Crippen LogP contribution in [0.3, 0.4) is 0 Å². The average Bonchev–Trinajstić information content (AvgIpc) is 3.09. The van der Waals surface area contributed by atoms with Gasteiger partial charge in [-0.1, -0.05) is 47.5 Å². The molecule has 1 heterocycles. The summed E-state index contributed by atoms with van der Waals surface area (Å²) in [5.74, 6) is 1.99. The monoisotopic (exact) mass is 419 g/mol. The van der Waals surface area contributed by atoms with Crippen LogP contribution in [0.5, 0.6) is 0 Å². The molecule has 7 heteroatoms. The summed E-state index contributed by atoms with van der Waals surface area (Å²) in [5, 5.41) is 4.06. The number of para-hydroxylation sites is 1. The van der Waals surface area contributed by atoms with Gasteiger partial charge in [-0.3, -0.25) is 4.79 Å². The van der Waals surface area contributed by atoms with E-state index in [-0.39, 0.29) is 5.91 Å². The molecule has 0 radical (unpaired) electrons. The molecule has 3 aromatic rings. The summed E-state index contributed by atoms with van der Waals surface area (Å²) in [7, 11) is 0. The Bertz CT molecular complexity index is 942. The second-order valence-corrected chi connectivity index (χ2v) is 7.79. The Balaban J connectivity index is 1.52. The number of nitrogens with one attached hydrogen (secondary N) is 1. The Morgan fingerprint density at radius 2 is 2.00 bits per heavy atom. The molecule has 0 aliphatic rings. The molecule has 1 N–H and O–H groups in total. The number of carbonyl (C=O) groups is 1. The van der Waals surface area contributed by atoms with Gasteiger partial charge in [0.2, 0.25) is 5.91 Å². The van der Waals surface area contributed by atoms with E-state index >= 15 is 0 Å². The second-order valence-electron chi connectivity index (χ2n) is 5.99. The first-order valence-electron chi connectivity index (χ1n) is 8.41. The largest absolute Gasteiger partial charge is 0.351 e. The van der Waals surface area contributed by atoms with Gasteiger partial charge < -0.3 is 9.88 Å². The van der Waals surface area contributed by atoms with Gasteiger partial charge in [-0.15, -0.1) is 11.8 Å². The van der Waals surface area contributed by atoms with Crippen molar-refractivity contribution in [2.24, 2.45) is 0 Å². The van der Waals surface area contributed by atoms with Crippen molar-refractivity contribution in [1.82, 2.24) is 14.9 Å². The van der Waals surface area contributed by atoms with Gasteiger partial charge in [-0.25, -0.2) is 4.98 Å². The fourth-order valence-corrected chi connectivity index (χ4v) is 3.79. The first-order valence-corrected chi connectivity index (χ1v) is 10.3. The van der Waals surface area contributed by atoms with Gasteiger partial charge in [-0.2, -0.15) is 0 Å². The third kappa shape index (κ3) is 5.28. The summed E-state index contributed by atoms with van der Waals surface area (Å²) in [6, 6.07) is 13.5. The fraction of sp³-hybridized carbons (Fsp3) is 0.200. The van der Waals surface area contributed by atoms with Crippen LogP contribution in [0.1, 0.15) is 17.0 Å². The van der Waals surface area contributed by atoms with Crippen molar-refractivity contribution in [2.45, 2.75) is 19.2 Å². The number of amides is 1. The van der Waals surface area contributed by atoms with E-state index in [9.17, 15) is 4.79 Å². The van der Waals surface area contributed by atoms with Crippen molar-refractivity contribution in [3.8, 4) is 5.69 Å². The highest BCUT2D eigenvalue weighted by Gasteiger charge is 2.08. The molecule has 140 valence electrons. The smallest absolute Gasteiger partial charge is 0.230 e. The Labute approximate surface area is 172 Å². The topological polar surface area (TPSA) is 46.9 Å². The van der Waals surface area contributed by atoms with Crippen molar-refractivity contribution < 1.29 is 4.79 Å². The summed E-state index contributed by atoms with van der Waals surface area (Å²) < 4.78 is 2.01. The third-order valence-electron chi connectivity index (χ3n) is 4.04. The van der Waals surface area contributed by atoms with E-state index in [1.165, 1.54) is 11.8 Å². The number of imidazole rings is 1.